The Balaban J connectivity index is 1.99. The van der Waals surface area contributed by atoms with Crippen molar-refractivity contribution in [1.29, 1.82) is 0 Å². The van der Waals surface area contributed by atoms with Crippen molar-refractivity contribution in [3.8, 4) is 0 Å². The Hall–Kier alpha value is -2.44. The van der Waals surface area contributed by atoms with Gasteiger partial charge < -0.3 is 9.80 Å². The van der Waals surface area contributed by atoms with Crippen LogP contribution in [0.4, 0.5) is 0 Å². The molecule has 0 spiro atoms. The number of nitrogens with zero attached hydrogens (tertiary/aromatic N) is 5. The Morgan fingerprint density at radius 2 is 2.13 bits per heavy atom. The number of aromatic nitrogens is 3. The number of hydrogen-bond acceptors (Lipinski definition) is 4. The predicted octanol–water partition coefficient (Wildman–Crippen LogP) is 1.16. The van der Waals surface area contributed by atoms with E-state index in [1.165, 1.54) is 4.90 Å². The lowest BCUT2D eigenvalue weighted by atomic mass is 9.94. The average Bonchev–Trinajstić information content (AvgIpc) is 2.98. The molecule has 1 aliphatic rings. The van der Waals surface area contributed by atoms with Crippen LogP contribution >= 0.6 is 0 Å². The molecule has 0 aromatic carbocycles. The van der Waals surface area contributed by atoms with Crippen LogP contribution in [-0.4, -0.2) is 63.4 Å². The molecule has 2 aromatic rings. The Bertz CT molecular complexity index is 752. The summed E-state index contributed by atoms with van der Waals surface area (Å²) < 4.78 is 1.74. The summed E-state index contributed by atoms with van der Waals surface area (Å²) in [5.74, 6) is 0.197. The van der Waals surface area contributed by atoms with E-state index in [1.807, 2.05) is 11.0 Å². The first-order valence-corrected chi connectivity index (χ1v) is 7.79. The second-order valence-corrected chi connectivity index (χ2v) is 6.17. The SMILES string of the molecule is CC(=O)N1CCC[C@H](c2ccnc3c(C(=O)N(C)C)cnn23)C1. The summed E-state index contributed by atoms with van der Waals surface area (Å²) in [6, 6.07) is 1.93. The fraction of sp³-hybridized carbons (Fsp3) is 0.500. The Labute approximate surface area is 134 Å². The molecular weight excluding hydrogens is 294 g/mol. The lowest BCUT2D eigenvalue weighted by molar-refractivity contribution is -0.130. The fourth-order valence-corrected chi connectivity index (χ4v) is 3.12. The first-order chi connectivity index (χ1) is 11.0. The summed E-state index contributed by atoms with van der Waals surface area (Å²) in [6.07, 6.45) is 5.25. The molecule has 2 aromatic heterocycles. The molecule has 2 amide bonds. The van der Waals surface area contributed by atoms with Gasteiger partial charge in [-0.05, 0) is 18.9 Å². The van der Waals surface area contributed by atoms with Crippen LogP contribution in [0.3, 0.4) is 0 Å². The van der Waals surface area contributed by atoms with E-state index in [0.29, 0.717) is 17.8 Å². The quantitative estimate of drug-likeness (QED) is 0.834. The summed E-state index contributed by atoms with van der Waals surface area (Å²) in [7, 11) is 3.42. The van der Waals surface area contributed by atoms with E-state index in [0.717, 1.165) is 25.1 Å². The normalized spacial score (nSPS) is 18.2. The largest absolute Gasteiger partial charge is 0.345 e. The highest BCUT2D eigenvalue weighted by Crippen LogP contribution is 2.27. The van der Waals surface area contributed by atoms with Crippen molar-refractivity contribution in [2.75, 3.05) is 27.2 Å². The molecular formula is C16H21N5O2. The van der Waals surface area contributed by atoms with Crippen molar-refractivity contribution < 1.29 is 9.59 Å². The lowest BCUT2D eigenvalue weighted by Crippen LogP contribution is -2.38. The molecule has 1 saturated heterocycles. The van der Waals surface area contributed by atoms with Gasteiger partial charge in [0.15, 0.2) is 5.65 Å². The monoisotopic (exact) mass is 315 g/mol. The molecule has 0 bridgehead atoms. The van der Waals surface area contributed by atoms with Gasteiger partial charge in [-0.3, -0.25) is 9.59 Å². The topological polar surface area (TPSA) is 70.8 Å². The number of rotatable bonds is 2. The van der Waals surface area contributed by atoms with Crippen LogP contribution < -0.4 is 0 Å². The maximum absolute atomic E-state index is 12.2. The molecule has 23 heavy (non-hydrogen) atoms. The third kappa shape index (κ3) is 2.78. The van der Waals surface area contributed by atoms with E-state index in [2.05, 4.69) is 10.1 Å². The zero-order valence-electron chi connectivity index (χ0n) is 13.7. The van der Waals surface area contributed by atoms with Gasteiger partial charge in [0.25, 0.3) is 5.91 Å². The summed E-state index contributed by atoms with van der Waals surface area (Å²) in [6.45, 7) is 3.10. The van der Waals surface area contributed by atoms with Crippen LogP contribution in [0.2, 0.25) is 0 Å². The standard InChI is InChI=1S/C16H21N5O2/c1-11(22)20-8-4-5-12(10-20)14-6-7-17-15-13(9-18-21(14)15)16(23)19(2)3/h6-7,9,12H,4-5,8,10H2,1-3H3/t12-/m0/s1. The Morgan fingerprint density at radius 3 is 2.83 bits per heavy atom. The highest BCUT2D eigenvalue weighted by Gasteiger charge is 2.26. The molecule has 7 heteroatoms. The third-order valence-corrected chi connectivity index (χ3v) is 4.35. The van der Waals surface area contributed by atoms with Crippen molar-refractivity contribution in [1.82, 2.24) is 24.4 Å². The van der Waals surface area contributed by atoms with Gasteiger partial charge in [0.05, 0.1) is 11.9 Å². The van der Waals surface area contributed by atoms with Gasteiger partial charge in [0.1, 0.15) is 5.56 Å². The zero-order chi connectivity index (χ0) is 16.6. The van der Waals surface area contributed by atoms with Crippen LogP contribution in [0.25, 0.3) is 5.65 Å². The van der Waals surface area contributed by atoms with Gasteiger partial charge >= 0.3 is 0 Å². The molecule has 1 aliphatic heterocycles. The maximum Gasteiger partial charge on any atom is 0.258 e. The molecule has 0 saturated carbocycles. The van der Waals surface area contributed by atoms with Crippen molar-refractivity contribution in [2.24, 2.45) is 0 Å². The molecule has 122 valence electrons. The molecule has 7 nitrogen and oxygen atoms in total. The van der Waals surface area contributed by atoms with Gasteiger partial charge in [-0.15, -0.1) is 0 Å². The van der Waals surface area contributed by atoms with Crippen LogP contribution in [-0.2, 0) is 4.79 Å². The van der Waals surface area contributed by atoms with E-state index in [-0.39, 0.29) is 17.7 Å². The van der Waals surface area contributed by atoms with Gasteiger partial charge in [-0.25, -0.2) is 9.50 Å². The van der Waals surface area contributed by atoms with Gasteiger partial charge in [-0.2, -0.15) is 5.10 Å². The van der Waals surface area contributed by atoms with E-state index in [9.17, 15) is 9.59 Å². The summed E-state index contributed by atoms with van der Waals surface area (Å²) >= 11 is 0. The van der Waals surface area contributed by atoms with E-state index in [1.54, 1.807) is 37.9 Å². The second kappa shape index (κ2) is 5.98. The molecule has 0 N–H and O–H groups in total. The van der Waals surface area contributed by atoms with Crippen LogP contribution in [0.15, 0.2) is 18.5 Å². The smallest absolute Gasteiger partial charge is 0.258 e. The summed E-state index contributed by atoms with van der Waals surface area (Å²) in [5.41, 5.74) is 2.07. The molecule has 0 unspecified atom stereocenters. The van der Waals surface area contributed by atoms with Crippen molar-refractivity contribution in [2.45, 2.75) is 25.7 Å². The van der Waals surface area contributed by atoms with Crippen LogP contribution in [0, 0.1) is 0 Å². The molecule has 1 atom stereocenters. The van der Waals surface area contributed by atoms with E-state index < -0.39 is 0 Å². The van der Waals surface area contributed by atoms with Crippen molar-refractivity contribution >= 4 is 17.5 Å². The van der Waals surface area contributed by atoms with Gasteiger partial charge in [-0.1, -0.05) is 0 Å². The highest BCUT2D eigenvalue weighted by molar-refractivity contribution is 5.99. The first-order valence-electron chi connectivity index (χ1n) is 7.79. The number of piperidine rings is 1. The first kappa shape index (κ1) is 15.5. The molecule has 0 radical (unpaired) electrons. The highest BCUT2D eigenvalue weighted by atomic mass is 16.2. The van der Waals surface area contributed by atoms with Crippen LogP contribution in [0.1, 0.15) is 41.7 Å². The minimum atomic E-state index is -0.112. The number of hydrogen-bond donors (Lipinski definition) is 0. The number of amides is 2. The third-order valence-electron chi connectivity index (χ3n) is 4.35. The van der Waals surface area contributed by atoms with E-state index in [4.69, 9.17) is 0 Å². The number of likely N-dealkylation sites (tertiary alicyclic amines) is 1. The van der Waals surface area contributed by atoms with Crippen molar-refractivity contribution in [3.05, 3.63) is 29.7 Å². The average molecular weight is 315 g/mol. The molecule has 3 rings (SSSR count). The fourth-order valence-electron chi connectivity index (χ4n) is 3.12. The summed E-state index contributed by atoms with van der Waals surface area (Å²) in [4.78, 5) is 31.6. The molecule has 3 heterocycles. The van der Waals surface area contributed by atoms with Crippen LogP contribution in [0.5, 0.6) is 0 Å². The zero-order valence-corrected chi connectivity index (χ0v) is 13.7. The van der Waals surface area contributed by atoms with E-state index >= 15 is 0 Å². The minimum Gasteiger partial charge on any atom is -0.345 e. The molecule has 1 fully saturated rings. The molecule has 0 aliphatic carbocycles. The Kier molecular flexibility index (Phi) is 4.02. The number of carbonyl (C=O) groups excluding carboxylic acids is 2. The number of carbonyl (C=O) groups is 2. The number of fused-ring (bicyclic) bond motifs is 1. The second-order valence-electron chi connectivity index (χ2n) is 6.17. The lowest BCUT2D eigenvalue weighted by Gasteiger charge is -2.32. The maximum atomic E-state index is 12.2. The minimum absolute atomic E-state index is 0.101. The summed E-state index contributed by atoms with van der Waals surface area (Å²) in [5, 5.41) is 4.37. The predicted molar refractivity (Wildman–Crippen MR) is 85.2 cm³/mol. The van der Waals surface area contributed by atoms with Gasteiger partial charge in [0, 0.05) is 46.2 Å². The van der Waals surface area contributed by atoms with Crippen molar-refractivity contribution in [3.63, 3.8) is 0 Å². The van der Waals surface area contributed by atoms with Gasteiger partial charge in [0.2, 0.25) is 5.91 Å². The Morgan fingerprint density at radius 1 is 1.35 bits per heavy atom.